The highest BCUT2D eigenvalue weighted by Gasteiger charge is 2.44. The molecule has 0 bridgehead atoms. The molecule has 1 fully saturated rings. The Labute approximate surface area is 165 Å². The van der Waals surface area contributed by atoms with E-state index in [1.807, 2.05) is 0 Å². The van der Waals surface area contributed by atoms with Crippen molar-refractivity contribution in [2.24, 2.45) is 17.8 Å². The lowest BCUT2D eigenvalue weighted by Gasteiger charge is -2.17. The van der Waals surface area contributed by atoms with Gasteiger partial charge in [-0.1, -0.05) is 36.2 Å². The Morgan fingerprint density at radius 3 is 2.74 bits per heavy atom. The molecule has 0 unspecified atom stereocenters. The summed E-state index contributed by atoms with van der Waals surface area (Å²) in [4.78, 5) is 46.2. The molecule has 0 heterocycles. The summed E-state index contributed by atoms with van der Waals surface area (Å²) in [5.41, 5.74) is 0.274. The predicted octanol–water partition coefficient (Wildman–Crippen LogP) is 2.98. The molecule has 8 nitrogen and oxygen atoms in total. The topological polar surface area (TPSA) is 116 Å². The Morgan fingerprint density at radius 2 is 2.07 bits per heavy atom. The summed E-state index contributed by atoms with van der Waals surface area (Å²) in [5.74, 6) is -3.03. The van der Waals surface area contributed by atoms with Gasteiger partial charge < -0.3 is 10.1 Å². The van der Waals surface area contributed by atoms with Crippen LogP contribution >= 0.6 is 23.2 Å². The van der Waals surface area contributed by atoms with E-state index in [2.05, 4.69) is 5.32 Å². The summed E-state index contributed by atoms with van der Waals surface area (Å²) in [6.45, 7) is 0.802. The predicted molar refractivity (Wildman–Crippen MR) is 98.3 cm³/mol. The first kappa shape index (κ1) is 21.1. The van der Waals surface area contributed by atoms with Gasteiger partial charge in [0.2, 0.25) is 6.54 Å². The van der Waals surface area contributed by atoms with Crippen molar-refractivity contribution in [1.82, 2.24) is 0 Å². The average molecular weight is 417 g/mol. The zero-order valence-corrected chi connectivity index (χ0v) is 16.0. The van der Waals surface area contributed by atoms with Crippen molar-refractivity contribution in [3.63, 3.8) is 0 Å². The minimum absolute atomic E-state index is 0.159. The maximum Gasteiger partial charge on any atom is 0.307 e. The van der Waals surface area contributed by atoms with Crippen LogP contribution in [0.5, 0.6) is 0 Å². The molecule has 10 heteroatoms. The lowest BCUT2D eigenvalue weighted by atomic mass is 9.88. The van der Waals surface area contributed by atoms with Gasteiger partial charge in [-0.25, -0.2) is 0 Å². The van der Waals surface area contributed by atoms with E-state index in [1.165, 1.54) is 6.07 Å². The number of hydrogen-bond donors (Lipinski definition) is 1. The standard InChI is InChI=1S/C17H18Cl2N2O6/c1-9-5-14(22)10(11(9)7-21(25)26)6-16(24)27-8-15(23)20-13-4-2-3-12(18)17(13)19/h2-4,9-11H,5-8H2,1H3,(H,20,23)/t9-,10-,11+/m0/s1. The molecule has 1 aromatic rings. The van der Waals surface area contributed by atoms with Crippen LogP contribution in [0.2, 0.25) is 10.0 Å². The van der Waals surface area contributed by atoms with Gasteiger partial charge >= 0.3 is 5.97 Å². The molecule has 0 radical (unpaired) electrons. The van der Waals surface area contributed by atoms with Crippen molar-refractivity contribution in [3.05, 3.63) is 38.4 Å². The van der Waals surface area contributed by atoms with E-state index < -0.39 is 35.2 Å². The average Bonchev–Trinajstić information content (AvgIpc) is 2.83. The Balaban J connectivity index is 1.88. The molecule has 1 aromatic carbocycles. The molecule has 0 saturated heterocycles. The number of esters is 1. The molecular formula is C17H18Cl2N2O6. The van der Waals surface area contributed by atoms with Crippen molar-refractivity contribution in [2.75, 3.05) is 18.5 Å². The van der Waals surface area contributed by atoms with Gasteiger partial charge in [0.1, 0.15) is 5.78 Å². The summed E-state index contributed by atoms with van der Waals surface area (Å²) in [6, 6.07) is 4.69. The van der Waals surface area contributed by atoms with Gasteiger partial charge in [0.25, 0.3) is 5.91 Å². The number of ether oxygens (including phenoxy) is 1. The number of benzene rings is 1. The van der Waals surface area contributed by atoms with E-state index in [0.717, 1.165) is 0 Å². The van der Waals surface area contributed by atoms with E-state index in [1.54, 1.807) is 19.1 Å². The van der Waals surface area contributed by atoms with Gasteiger partial charge in [-0.2, -0.15) is 0 Å². The third-order valence-corrected chi connectivity index (χ3v) is 5.34. The zero-order valence-electron chi connectivity index (χ0n) is 14.4. The molecule has 1 N–H and O–H groups in total. The molecule has 0 aliphatic heterocycles. The Morgan fingerprint density at radius 1 is 1.37 bits per heavy atom. The highest BCUT2D eigenvalue weighted by atomic mass is 35.5. The van der Waals surface area contributed by atoms with Crippen LogP contribution in [0.25, 0.3) is 0 Å². The van der Waals surface area contributed by atoms with Crippen molar-refractivity contribution in [1.29, 1.82) is 0 Å². The van der Waals surface area contributed by atoms with E-state index in [0.29, 0.717) is 0 Å². The molecule has 0 spiro atoms. The molecule has 2 rings (SSSR count). The van der Waals surface area contributed by atoms with E-state index >= 15 is 0 Å². The molecule has 1 amide bonds. The van der Waals surface area contributed by atoms with E-state index in [-0.39, 0.29) is 46.8 Å². The maximum atomic E-state index is 12.0. The van der Waals surface area contributed by atoms with Crippen molar-refractivity contribution >= 4 is 46.5 Å². The van der Waals surface area contributed by atoms with Crippen LogP contribution in [0, 0.1) is 27.9 Å². The van der Waals surface area contributed by atoms with Crippen molar-refractivity contribution < 1.29 is 24.0 Å². The third-order valence-electron chi connectivity index (χ3n) is 4.52. The number of amides is 1. The normalized spacial score (nSPS) is 21.7. The van der Waals surface area contributed by atoms with Crippen molar-refractivity contribution in [3.8, 4) is 0 Å². The number of halogens is 2. The summed E-state index contributed by atoms with van der Waals surface area (Å²) in [6.07, 6.45) is -0.0862. The minimum Gasteiger partial charge on any atom is -0.456 e. The number of Topliss-reactive ketones (excluding diaryl/α,β-unsaturated/α-hetero) is 1. The number of carbonyl (C=O) groups excluding carboxylic acids is 3. The first-order chi connectivity index (χ1) is 12.7. The highest BCUT2D eigenvalue weighted by molar-refractivity contribution is 6.44. The monoisotopic (exact) mass is 416 g/mol. The van der Waals surface area contributed by atoms with Gasteiger partial charge in [0.15, 0.2) is 6.61 Å². The number of nitrogens with zero attached hydrogens (tertiary/aromatic N) is 1. The fraction of sp³-hybridized carbons (Fsp3) is 0.471. The van der Waals surface area contributed by atoms with Gasteiger partial charge in [0, 0.05) is 23.2 Å². The minimum atomic E-state index is -0.761. The lowest BCUT2D eigenvalue weighted by Crippen LogP contribution is -2.28. The Bertz CT molecular complexity index is 770. The molecule has 1 aliphatic rings. The van der Waals surface area contributed by atoms with Crippen LogP contribution in [0.1, 0.15) is 19.8 Å². The second-order valence-electron chi connectivity index (χ2n) is 6.45. The Hall–Kier alpha value is -2.19. The van der Waals surface area contributed by atoms with E-state index in [9.17, 15) is 24.5 Å². The fourth-order valence-corrected chi connectivity index (χ4v) is 3.52. The van der Waals surface area contributed by atoms with Crippen LogP contribution in [0.3, 0.4) is 0 Å². The number of hydrogen-bond acceptors (Lipinski definition) is 6. The molecule has 27 heavy (non-hydrogen) atoms. The van der Waals surface area contributed by atoms with Gasteiger partial charge in [-0.3, -0.25) is 24.5 Å². The maximum absolute atomic E-state index is 12.0. The lowest BCUT2D eigenvalue weighted by molar-refractivity contribution is -0.490. The first-order valence-electron chi connectivity index (χ1n) is 8.23. The summed E-state index contributed by atoms with van der Waals surface area (Å²) >= 11 is 11.8. The van der Waals surface area contributed by atoms with Crippen LogP contribution in [0.15, 0.2) is 18.2 Å². The summed E-state index contributed by atoms with van der Waals surface area (Å²) in [5, 5.41) is 13.7. The smallest absolute Gasteiger partial charge is 0.307 e. The number of anilines is 1. The van der Waals surface area contributed by atoms with E-state index in [4.69, 9.17) is 27.9 Å². The van der Waals surface area contributed by atoms with Gasteiger partial charge in [-0.15, -0.1) is 0 Å². The Kier molecular flexibility index (Phi) is 7.15. The second kappa shape index (κ2) is 9.14. The molecule has 1 saturated carbocycles. The molecule has 0 aromatic heterocycles. The van der Waals surface area contributed by atoms with Crippen molar-refractivity contribution in [2.45, 2.75) is 19.8 Å². The fourth-order valence-electron chi connectivity index (χ4n) is 3.17. The van der Waals surface area contributed by atoms with Crippen LogP contribution < -0.4 is 5.32 Å². The molecule has 3 atom stereocenters. The molecular weight excluding hydrogens is 399 g/mol. The highest BCUT2D eigenvalue weighted by Crippen LogP contribution is 2.36. The largest absolute Gasteiger partial charge is 0.456 e. The zero-order chi connectivity index (χ0) is 20.1. The summed E-state index contributed by atoms with van der Waals surface area (Å²) in [7, 11) is 0. The number of carbonyl (C=O) groups is 3. The number of ketones is 1. The third kappa shape index (κ3) is 5.64. The molecule has 146 valence electrons. The second-order valence-corrected chi connectivity index (χ2v) is 7.23. The van der Waals surface area contributed by atoms with Crippen LogP contribution in [-0.2, 0) is 19.1 Å². The number of nitro groups is 1. The van der Waals surface area contributed by atoms with Gasteiger partial charge in [0.05, 0.1) is 22.2 Å². The molecule has 1 aliphatic carbocycles. The summed E-state index contributed by atoms with van der Waals surface area (Å²) < 4.78 is 4.90. The number of nitrogens with one attached hydrogen (secondary N) is 1. The first-order valence-corrected chi connectivity index (χ1v) is 8.98. The SMILES string of the molecule is C[C@H]1CC(=O)[C@@H](CC(=O)OCC(=O)Nc2cccc(Cl)c2Cl)[C@@H]1C[N+](=O)[O-]. The number of rotatable bonds is 7. The quantitative estimate of drug-likeness (QED) is 0.414. The van der Waals surface area contributed by atoms with Crippen LogP contribution in [0.4, 0.5) is 5.69 Å². The van der Waals surface area contributed by atoms with Gasteiger partial charge in [-0.05, 0) is 18.1 Å². The van der Waals surface area contributed by atoms with Crippen LogP contribution in [-0.4, -0.2) is 35.7 Å².